The van der Waals surface area contributed by atoms with Crippen molar-refractivity contribution >= 4 is 44.8 Å². The van der Waals surface area contributed by atoms with Gasteiger partial charge >= 0.3 is 6.01 Å². The van der Waals surface area contributed by atoms with E-state index in [1.807, 2.05) is 43.6 Å². The highest BCUT2D eigenvalue weighted by atomic mass is 32.1. The highest BCUT2D eigenvalue weighted by Gasteiger charge is 2.16. The smallest absolute Gasteiger partial charge is 0.315 e. The summed E-state index contributed by atoms with van der Waals surface area (Å²) in [5, 5.41) is 26.0. The molecule has 0 aliphatic rings. The third-order valence-corrected chi connectivity index (χ3v) is 5.07. The molecule has 0 radical (unpaired) electrons. The van der Waals surface area contributed by atoms with E-state index in [-0.39, 0.29) is 24.5 Å². The molecule has 0 amide bonds. The first-order chi connectivity index (χ1) is 15.0. The van der Waals surface area contributed by atoms with Crippen LogP contribution in [-0.2, 0) is 0 Å². The molecule has 0 aliphatic carbocycles. The number of aliphatic hydroxyl groups is 1. The number of aromatic nitrogens is 4. The zero-order chi connectivity index (χ0) is 21.8. The van der Waals surface area contributed by atoms with Crippen LogP contribution < -0.4 is 16.0 Å². The topological polar surface area (TPSA) is 121 Å². The summed E-state index contributed by atoms with van der Waals surface area (Å²) in [6.45, 7) is 3.34. The van der Waals surface area contributed by atoms with Crippen molar-refractivity contribution in [1.82, 2.24) is 20.2 Å². The standard InChI is InChI=1S/C20H22FN7O2S/c1-11(2)25-16-6-18(26-13-3-4-15-17(5-13)31-10-24-15)22-8-14(16)19-27-28-20(30-19)23-7-12(21)9-29/h3-6,8,10-12,29H,7,9H2,1-2H3,(H,23,28)(H2,22,25,26). The van der Waals surface area contributed by atoms with Crippen molar-refractivity contribution in [2.24, 2.45) is 0 Å². The molecular formula is C20H22FN7O2S. The summed E-state index contributed by atoms with van der Waals surface area (Å²) in [5.74, 6) is 0.895. The van der Waals surface area contributed by atoms with Crippen molar-refractivity contribution in [2.45, 2.75) is 26.1 Å². The highest BCUT2D eigenvalue weighted by molar-refractivity contribution is 7.16. The van der Waals surface area contributed by atoms with Crippen molar-refractivity contribution in [1.29, 1.82) is 0 Å². The van der Waals surface area contributed by atoms with E-state index >= 15 is 0 Å². The first-order valence-electron chi connectivity index (χ1n) is 9.71. The van der Waals surface area contributed by atoms with Gasteiger partial charge in [0.25, 0.3) is 5.89 Å². The Bertz CT molecular complexity index is 1160. The number of thiazole rings is 1. The van der Waals surface area contributed by atoms with Crippen LogP contribution in [-0.4, -0.2) is 50.6 Å². The number of nitrogens with zero attached hydrogens (tertiary/aromatic N) is 4. The first-order valence-corrected chi connectivity index (χ1v) is 10.6. The quantitative estimate of drug-likeness (QED) is 0.303. The minimum atomic E-state index is -1.41. The molecule has 3 aromatic heterocycles. The number of anilines is 4. The lowest BCUT2D eigenvalue weighted by Gasteiger charge is -2.15. The second kappa shape index (κ2) is 9.23. The second-order valence-electron chi connectivity index (χ2n) is 7.15. The largest absolute Gasteiger partial charge is 0.403 e. The Morgan fingerprint density at radius 1 is 1.19 bits per heavy atom. The summed E-state index contributed by atoms with van der Waals surface area (Å²) < 4.78 is 19.9. The Kier molecular flexibility index (Phi) is 6.23. The van der Waals surface area contributed by atoms with Crippen LogP contribution in [0.5, 0.6) is 0 Å². The number of hydrogen-bond donors (Lipinski definition) is 4. The number of nitrogens with one attached hydrogen (secondary N) is 3. The average molecular weight is 444 g/mol. The van der Waals surface area contributed by atoms with E-state index in [0.29, 0.717) is 11.4 Å². The summed E-state index contributed by atoms with van der Waals surface area (Å²) in [6.07, 6.45) is 0.228. The lowest BCUT2D eigenvalue weighted by molar-refractivity contribution is 0.186. The minimum absolute atomic E-state index is 0.0710. The number of hydrogen-bond acceptors (Lipinski definition) is 10. The lowest BCUT2D eigenvalue weighted by Crippen LogP contribution is -2.18. The van der Waals surface area contributed by atoms with Crippen molar-refractivity contribution in [3.63, 3.8) is 0 Å². The van der Waals surface area contributed by atoms with Gasteiger partial charge in [-0.05, 0) is 32.0 Å². The van der Waals surface area contributed by atoms with E-state index in [2.05, 4.69) is 36.1 Å². The maximum Gasteiger partial charge on any atom is 0.315 e. The van der Waals surface area contributed by atoms with Crippen LogP contribution >= 0.6 is 11.3 Å². The van der Waals surface area contributed by atoms with Gasteiger partial charge in [0.1, 0.15) is 12.0 Å². The number of aliphatic hydroxyl groups excluding tert-OH is 1. The van der Waals surface area contributed by atoms with Gasteiger partial charge in [-0.1, -0.05) is 5.10 Å². The Morgan fingerprint density at radius 3 is 2.87 bits per heavy atom. The molecule has 4 aromatic rings. The molecule has 0 fully saturated rings. The van der Waals surface area contributed by atoms with Gasteiger partial charge in [-0.25, -0.2) is 14.4 Å². The van der Waals surface area contributed by atoms with E-state index in [4.69, 9.17) is 9.52 Å². The van der Waals surface area contributed by atoms with Gasteiger partial charge < -0.3 is 25.5 Å². The maximum absolute atomic E-state index is 13.2. The first kappa shape index (κ1) is 20.9. The number of pyridine rings is 1. The fourth-order valence-electron chi connectivity index (χ4n) is 2.87. The fourth-order valence-corrected chi connectivity index (χ4v) is 3.59. The van der Waals surface area contributed by atoms with Gasteiger partial charge in [-0.15, -0.1) is 16.4 Å². The Morgan fingerprint density at radius 2 is 2.06 bits per heavy atom. The zero-order valence-electron chi connectivity index (χ0n) is 17.0. The van der Waals surface area contributed by atoms with Gasteiger partial charge in [0.15, 0.2) is 0 Å². The van der Waals surface area contributed by atoms with Gasteiger partial charge in [-0.2, -0.15) is 0 Å². The van der Waals surface area contributed by atoms with Crippen molar-refractivity contribution in [3.05, 3.63) is 36.0 Å². The van der Waals surface area contributed by atoms with Crippen LogP contribution in [0.2, 0.25) is 0 Å². The molecule has 0 spiro atoms. The number of benzene rings is 1. The van der Waals surface area contributed by atoms with E-state index in [1.54, 1.807) is 17.5 Å². The molecular weight excluding hydrogens is 421 g/mol. The molecule has 0 aliphatic heterocycles. The fraction of sp³-hybridized carbons (Fsp3) is 0.300. The van der Waals surface area contributed by atoms with Gasteiger partial charge in [-0.3, -0.25) is 0 Å². The zero-order valence-corrected chi connectivity index (χ0v) is 17.8. The number of fused-ring (bicyclic) bond motifs is 1. The third-order valence-electron chi connectivity index (χ3n) is 4.28. The molecule has 4 rings (SSSR count). The molecule has 9 nitrogen and oxygen atoms in total. The Hall–Kier alpha value is -3.31. The van der Waals surface area contributed by atoms with Crippen LogP contribution in [0.15, 0.2) is 40.4 Å². The van der Waals surface area contributed by atoms with Gasteiger partial charge in [0.05, 0.1) is 40.1 Å². The Balaban J connectivity index is 1.57. The molecule has 4 N–H and O–H groups in total. The average Bonchev–Trinajstić information content (AvgIpc) is 3.41. The Labute approximate surface area is 181 Å². The van der Waals surface area contributed by atoms with Crippen molar-refractivity contribution in [2.75, 3.05) is 29.1 Å². The van der Waals surface area contributed by atoms with Crippen LogP contribution in [0.4, 0.5) is 27.6 Å². The van der Waals surface area contributed by atoms with Crippen LogP contribution in [0.1, 0.15) is 13.8 Å². The summed E-state index contributed by atoms with van der Waals surface area (Å²) >= 11 is 1.58. The third kappa shape index (κ3) is 5.06. The van der Waals surface area contributed by atoms with E-state index in [0.717, 1.165) is 21.6 Å². The predicted molar refractivity (Wildman–Crippen MR) is 120 cm³/mol. The van der Waals surface area contributed by atoms with Crippen molar-refractivity contribution < 1.29 is 13.9 Å². The van der Waals surface area contributed by atoms with E-state index < -0.39 is 12.8 Å². The molecule has 1 unspecified atom stereocenters. The van der Waals surface area contributed by atoms with Gasteiger partial charge in [0.2, 0.25) is 0 Å². The molecule has 11 heteroatoms. The summed E-state index contributed by atoms with van der Waals surface area (Å²) in [4.78, 5) is 8.77. The van der Waals surface area contributed by atoms with Crippen LogP contribution in [0.3, 0.4) is 0 Å². The van der Waals surface area contributed by atoms with Crippen molar-refractivity contribution in [3.8, 4) is 11.5 Å². The molecule has 31 heavy (non-hydrogen) atoms. The van der Waals surface area contributed by atoms with Gasteiger partial charge in [0, 0.05) is 24.0 Å². The SMILES string of the molecule is CC(C)Nc1cc(Nc2ccc3ncsc3c2)ncc1-c1nnc(NCC(F)CO)o1. The molecule has 0 saturated heterocycles. The maximum atomic E-state index is 13.2. The molecule has 1 aromatic carbocycles. The van der Waals surface area contributed by atoms with E-state index in [1.165, 1.54) is 0 Å². The number of alkyl halides is 1. The summed E-state index contributed by atoms with van der Waals surface area (Å²) in [7, 11) is 0. The summed E-state index contributed by atoms with van der Waals surface area (Å²) in [5.41, 5.74) is 5.07. The summed E-state index contributed by atoms with van der Waals surface area (Å²) in [6, 6.07) is 8.03. The monoisotopic (exact) mass is 443 g/mol. The van der Waals surface area contributed by atoms with Crippen LogP contribution in [0, 0.1) is 0 Å². The van der Waals surface area contributed by atoms with E-state index in [9.17, 15) is 4.39 Å². The van der Waals surface area contributed by atoms with Crippen LogP contribution in [0.25, 0.3) is 21.7 Å². The molecule has 162 valence electrons. The normalized spacial score (nSPS) is 12.3. The number of rotatable bonds is 9. The molecule has 0 bridgehead atoms. The second-order valence-corrected chi connectivity index (χ2v) is 8.03. The molecule has 1 atom stereocenters. The predicted octanol–water partition coefficient (Wildman–Crippen LogP) is 4.05. The highest BCUT2D eigenvalue weighted by Crippen LogP contribution is 2.31. The lowest BCUT2D eigenvalue weighted by atomic mass is 10.2. The number of halogens is 1. The molecule has 3 heterocycles. The molecule has 0 saturated carbocycles. The minimum Gasteiger partial charge on any atom is -0.403 e.